The molecule has 0 bridgehead atoms. The van der Waals surface area contributed by atoms with Gasteiger partial charge in [-0.15, -0.1) is 5.92 Å². The van der Waals surface area contributed by atoms with Crippen LogP contribution in [-0.2, 0) is 34.0 Å². The van der Waals surface area contributed by atoms with Gasteiger partial charge in [0.1, 0.15) is 18.4 Å². The summed E-state index contributed by atoms with van der Waals surface area (Å²) in [5, 5.41) is 10.9. The maximum atomic E-state index is 13.0. The molecule has 3 aromatic carbocycles. The van der Waals surface area contributed by atoms with E-state index >= 15 is 0 Å². The molecule has 4 aromatic rings. The first kappa shape index (κ1) is 30.0. The van der Waals surface area contributed by atoms with Gasteiger partial charge in [0.15, 0.2) is 0 Å². The lowest BCUT2D eigenvalue weighted by molar-refractivity contribution is -0.139. The Labute approximate surface area is 239 Å². The van der Waals surface area contributed by atoms with Crippen molar-refractivity contribution in [3.05, 3.63) is 94.6 Å². The van der Waals surface area contributed by atoms with Crippen LogP contribution in [0.4, 0.5) is 13.2 Å². The van der Waals surface area contributed by atoms with E-state index in [1.165, 1.54) is 36.4 Å². The summed E-state index contributed by atoms with van der Waals surface area (Å²) < 4.78 is 74.3. The van der Waals surface area contributed by atoms with Crippen molar-refractivity contribution >= 4 is 38.5 Å². The molecule has 214 valence electrons. The number of aromatic nitrogens is 1. The van der Waals surface area contributed by atoms with Gasteiger partial charge in [-0.2, -0.15) is 17.9 Å². The Kier molecular flexibility index (Phi) is 8.97. The van der Waals surface area contributed by atoms with Crippen LogP contribution in [0.1, 0.15) is 23.6 Å². The van der Waals surface area contributed by atoms with E-state index in [4.69, 9.17) is 16.3 Å². The second kappa shape index (κ2) is 12.3. The van der Waals surface area contributed by atoms with Gasteiger partial charge in [-0.05, 0) is 72.6 Å². The summed E-state index contributed by atoms with van der Waals surface area (Å²) in [7, 11) is -4.23. The van der Waals surface area contributed by atoms with Gasteiger partial charge in [-0.25, -0.2) is 8.42 Å². The largest absolute Gasteiger partial charge is 0.481 e. The molecule has 0 spiro atoms. The van der Waals surface area contributed by atoms with Gasteiger partial charge >= 0.3 is 12.1 Å². The number of alkyl halides is 3. The van der Waals surface area contributed by atoms with Crippen molar-refractivity contribution in [1.82, 2.24) is 9.29 Å². The van der Waals surface area contributed by atoms with Crippen molar-refractivity contribution in [3.8, 4) is 17.6 Å². The third kappa shape index (κ3) is 7.41. The van der Waals surface area contributed by atoms with E-state index in [0.717, 1.165) is 12.1 Å². The number of carbonyl (C=O) groups is 1. The number of benzene rings is 3. The molecule has 1 aromatic heterocycles. The number of nitrogens with one attached hydrogen (secondary N) is 1. The van der Waals surface area contributed by atoms with Crippen LogP contribution in [0.25, 0.3) is 10.9 Å². The number of nitrogens with zero attached hydrogens (tertiary/aromatic N) is 1. The number of fused-ring (bicyclic) bond motifs is 1. The summed E-state index contributed by atoms with van der Waals surface area (Å²) in [6.45, 7) is 1.99. The molecule has 0 aliphatic carbocycles. The quantitative estimate of drug-likeness (QED) is 0.225. The third-order valence-electron chi connectivity index (χ3n) is 6.20. The van der Waals surface area contributed by atoms with Crippen LogP contribution in [0.5, 0.6) is 5.75 Å². The molecule has 0 aliphatic rings. The van der Waals surface area contributed by atoms with Crippen molar-refractivity contribution in [2.45, 2.75) is 37.0 Å². The molecule has 0 fully saturated rings. The second-order valence-electron chi connectivity index (χ2n) is 9.04. The summed E-state index contributed by atoms with van der Waals surface area (Å²) in [4.78, 5) is 12.0. The SMILES string of the molecule is CC#CCOc1ccc(S(=O)(=O)N[C@@H](Cc2cn(Cc3ccc(C(F)(F)F)cc3)c3ccc(Cl)cc23)C(=O)O)cc1. The first-order chi connectivity index (χ1) is 19.4. The maximum Gasteiger partial charge on any atom is 0.416 e. The Bertz CT molecular complexity index is 1720. The highest BCUT2D eigenvalue weighted by molar-refractivity contribution is 7.89. The number of sulfonamides is 1. The van der Waals surface area contributed by atoms with Crippen LogP contribution in [0, 0.1) is 11.8 Å². The average molecular weight is 605 g/mol. The highest BCUT2D eigenvalue weighted by Gasteiger charge is 2.30. The summed E-state index contributed by atoms with van der Waals surface area (Å²) in [6, 6.07) is 13.6. The fraction of sp³-hybridized carbons (Fsp3) is 0.207. The van der Waals surface area contributed by atoms with Gasteiger partial charge in [0.25, 0.3) is 0 Å². The number of ether oxygens (including phenoxy) is 1. The van der Waals surface area contributed by atoms with E-state index in [9.17, 15) is 31.5 Å². The molecule has 7 nitrogen and oxygen atoms in total. The van der Waals surface area contributed by atoms with Crippen LogP contribution >= 0.6 is 11.6 Å². The van der Waals surface area contributed by atoms with Gasteiger partial charge in [-0.3, -0.25) is 4.79 Å². The van der Waals surface area contributed by atoms with E-state index in [1.54, 1.807) is 35.9 Å². The van der Waals surface area contributed by atoms with Crippen LogP contribution < -0.4 is 9.46 Å². The molecule has 1 heterocycles. The molecule has 1 atom stereocenters. The van der Waals surface area contributed by atoms with Crippen molar-refractivity contribution < 1.29 is 36.2 Å². The van der Waals surface area contributed by atoms with Crippen molar-refractivity contribution in [1.29, 1.82) is 0 Å². The standard InChI is InChI=1S/C29H24ClF3N2O5S/c1-2-3-14-40-23-9-11-24(12-10-23)41(38,39)34-26(28(36)37)15-20-18-35(27-13-8-22(30)16-25(20)27)17-19-4-6-21(7-5-19)29(31,32)33/h4-13,16,18,26,34H,14-15,17H2,1H3,(H,36,37)/t26-/m0/s1. The van der Waals surface area contributed by atoms with Gasteiger partial charge < -0.3 is 14.4 Å². The summed E-state index contributed by atoms with van der Waals surface area (Å²) in [6.07, 6.45) is -3.03. The molecular weight excluding hydrogens is 581 g/mol. The van der Waals surface area contributed by atoms with Crippen LogP contribution in [-0.4, -0.2) is 36.7 Å². The van der Waals surface area contributed by atoms with Crippen molar-refractivity contribution in [2.24, 2.45) is 0 Å². The van der Waals surface area contributed by atoms with Gasteiger partial charge in [0.05, 0.1) is 10.5 Å². The van der Waals surface area contributed by atoms with Crippen molar-refractivity contribution in [2.75, 3.05) is 6.61 Å². The molecule has 2 N–H and O–H groups in total. The van der Waals surface area contributed by atoms with Crippen LogP contribution in [0.3, 0.4) is 0 Å². The molecule has 41 heavy (non-hydrogen) atoms. The topological polar surface area (TPSA) is 97.6 Å². The lowest BCUT2D eigenvalue weighted by Crippen LogP contribution is -2.42. The minimum atomic E-state index is -4.46. The van der Waals surface area contributed by atoms with E-state index in [2.05, 4.69) is 16.6 Å². The molecule has 4 rings (SSSR count). The maximum absolute atomic E-state index is 13.0. The predicted molar refractivity (Wildman–Crippen MR) is 148 cm³/mol. The summed E-state index contributed by atoms with van der Waals surface area (Å²) >= 11 is 6.20. The number of hydrogen-bond acceptors (Lipinski definition) is 4. The molecule has 0 saturated carbocycles. The van der Waals surface area contributed by atoms with E-state index in [-0.39, 0.29) is 24.5 Å². The first-order valence-corrected chi connectivity index (χ1v) is 14.0. The van der Waals surface area contributed by atoms with Crippen LogP contribution in [0.2, 0.25) is 5.02 Å². The molecule has 0 aliphatic heterocycles. The zero-order chi connectivity index (χ0) is 29.8. The first-order valence-electron chi connectivity index (χ1n) is 12.2. The Morgan fingerprint density at radius 2 is 1.78 bits per heavy atom. The van der Waals surface area contributed by atoms with Crippen LogP contribution in [0.15, 0.2) is 77.8 Å². The van der Waals surface area contributed by atoms with Gasteiger partial charge in [-0.1, -0.05) is 29.7 Å². The summed E-state index contributed by atoms with van der Waals surface area (Å²) in [5.74, 6) is 4.41. The smallest absolute Gasteiger partial charge is 0.416 e. The van der Waals surface area contributed by atoms with Crippen molar-refractivity contribution in [3.63, 3.8) is 0 Å². The Morgan fingerprint density at radius 3 is 2.39 bits per heavy atom. The number of rotatable bonds is 10. The van der Waals surface area contributed by atoms with Gasteiger partial charge in [0, 0.05) is 35.1 Å². The summed E-state index contributed by atoms with van der Waals surface area (Å²) in [5.41, 5.74) is 0.960. The second-order valence-corrected chi connectivity index (χ2v) is 11.2. The molecule has 0 amide bonds. The molecule has 12 heteroatoms. The lowest BCUT2D eigenvalue weighted by atomic mass is 10.1. The Balaban J connectivity index is 1.59. The normalized spacial score (nSPS) is 12.5. The predicted octanol–water partition coefficient (Wildman–Crippen LogP) is 5.74. The molecular formula is C29H24ClF3N2O5S. The average Bonchev–Trinajstić information content (AvgIpc) is 3.24. The Hall–Kier alpha value is -3.98. The lowest BCUT2D eigenvalue weighted by Gasteiger charge is -2.15. The zero-order valence-electron chi connectivity index (χ0n) is 21.6. The number of aliphatic carboxylic acids is 1. The number of carboxylic acids is 1. The van der Waals surface area contributed by atoms with E-state index < -0.39 is 33.8 Å². The minimum Gasteiger partial charge on any atom is -0.481 e. The van der Waals surface area contributed by atoms with Gasteiger partial charge in [0.2, 0.25) is 10.0 Å². The monoisotopic (exact) mass is 604 g/mol. The molecule has 0 saturated heterocycles. The Morgan fingerprint density at radius 1 is 1.10 bits per heavy atom. The minimum absolute atomic E-state index is 0.137. The fourth-order valence-corrected chi connectivity index (χ4v) is 5.55. The number of hydrogen-bond donors (Lipinski definition) is 2. The fourth-order valence-electron chi connectivity index (χ4n) is 4.19. The number of carboxylic acid groups (broad SMARTS) is 1. The highest BCUT2D eigenvalue weighted by Crippen LogP contribution is 2.30. The highest BCUT2D eigenvalue weighted by atomic mass is 35.5. The van der Waals surface area contributed by atoms with E-state index in [0.29, 0.717) is 32.8 Å². The molecule has 0 radical (unpaired) electrons. The number of halogens is 4. The zero-order valence-corrected chi connectivity index (χ0v) is 23.1. The third-order valence-corrected chi connectivity index (χ3v) is 7.92. The molecule has 0 unspecified atom stereocenters. The van der Waals surface area contributed by atoms with E-state index in [1.807, 2.05) is 0 Å².